The molecule has 0 heterocycles. The van der Waals surface area contributed by atoms with Crippen LogP contribution in [0.1, 0.15) is 39.2 Å². The lowest BCUT2D eigenvalue weighted by molar-refractivity contribution is -0.121. The Balaban J connectivity index is 2.69. The van der Waals surface area contributed by atoms with E-state index in [1.165, 1.54) is 5.56 Å². The smallest absolute Gasteiger partial charge is 0.160 e. The summed E-state index contributed by atoms with van der Waals surface area (Å²) in [7, 11) is 0. The molecule has 1 rings (SSSR count). The molecule has 86 valence electrons. The van der Waals surface area contributed by atoms with E-state index < -0.39 is 0 Å². The van der Waals surface area contributed by atoms with Crippen LogP contribution in [-0.2, 0) is 4.79 Å². The number of benzene rings is 1. The first-order valence-electron chi connectivity index (χ1n) is 5.69. The maximum atomic E-state index is 11.7. The molecule has 0 aliphatic rings. The lowest BCUT2D eigenvalue weighted by atomic mass is 9.89. The lowest BCUT2D eigenvalue weighted by Gasteiger charge is -2.14. The molecule has 0 N–H and O–H groups in total. The summed E-state index contributed by atoms with van der Waals surface area (Å²) in [5.74, 6) is 0.461. The molecule has 1 heteroatoms. The van der Waals surface area contributed by atoms with Crippen molar-refractivity contribution in [2.24, 2.45) is 5.41 Å². The number of rotatable bonds is 3. The van der Waals surface area contributed by atoms with Gasteiger partial charge in [-0.15, -0.1) is 0 Å². The van der Waals surface area contributed by atoms with Gasteiger partial charge in [-0.3, -0.25) is 4.79 Å². The summed E-state index contributed by atoms with van der Waals surface area (Å²) in [6.45, 7) is 7.91. The van der Waals surface area contributed by atoms with Crippen LogP contribution in [-0.4, -0.2) is 5.78 Å². The van der Waals surface area contributed by atoms with Gasteiger partial charge in [0.2, 0.25) is 0 Å². The maximum absolute atomic E-state index is 11.7. The Labute approximate surface area is 98.2 Å². The summed E-state index contributed by atoms with van der Waals surface area (Å²) in [6, 6.07) is 10.2. The topological polar surface area (TPSA) is 17.1 Å². The molecule has 0 unspecified atom stereocenters. The highest BCUT2D eigenvalue weighted by atomic mass is 16.1. The zero-order chi connectivity index (χ0) is 12.2. The molecule has 0 aliphatic heterocycles. The number of hydrogen-bond acceptors (Lipinski definition) is 1. The molecule has 1 aromatic carbocycles. The van der Waals surface area contributed by atoms with Crippen molar-refractivity contribution in [3.05, 3.63) is 48.0 Å². The first-order chi connectivity index (χ1) is 7.41. The minimum absolute atomic E-state index is 0.176. The molecule has 0 saturated heterocycles. The van der Waals surface area contributed by atoms with Crippen LogP contribution in [0.2, 0.25) is 0 Å². The van der Waals surface area contributed by atoms with Crippen LogP contribution in [0.25, 0.3) is 0 Å². The molecule has 0 bridgehead atoms. The second-order valence-corrected chi connectivity index (χ2v) is 5.17. The number of hydrogen-bond donors (Lipinski definition) is 0. The summed E-state index contributed by atoms with van der Waals surface area (Å²) in [6.07, 6.45) is 3.68. The molecule has 1 nitrogen and oxygen atoms in total. The quantitative estimate of drug-likeness (QED) is 0.699. The molecule has 0 radical (unpaired) electrons. The Morgan fingerprint density at radius 2 is 1.75 bits per heavy atom. The van der Waals surface area contributed by atoms with E-state index in [0.29, 0.717) is 0 Å². The fraction of sp³-hybridized carbons (Fsp3) is 0.400. The Hall–Kier alpha value is -1.37. The van der Waals surface area contributed by atoms with Crippen molar-refractivity contribution in [2.45, 2.75) is 33.6 Å². The highest BCUT2D eigenvalue weighted by Crippen LogP contribution is 2.19. The molecule has 0 saturated carbocycles. The Kier molecular flexibility index (Phi) is 4.05. The van der Waals surface area contributed by atoms with Gasteiger partial charge in [0.25, 0.3) is 0 Å². The van der Waals surface area contributed by atoms with Gasteiger partial charge in [-0.25, -0.2) is 0 Å². The molecule has 16 heavy (non-hydrogen) atoms. The summed E-state index contributed by atoms with van der Waals surface area (Å²) < 4.78 is 0. The van der Waals surface area contributed by atoms with E-state index >= 15 is 0 Å². The number of ketones is 1. The van der Waals surface area contributed by atoms with Crippen molar-refractivity contribution in [2.75, 3.05) is 0 Å². The highest BCUT2D eigenvalue weighted by molar-refractivity contribution is 5.93. The Morgan fingerprint density at radius 3 is 2.25 bits per heavy atom. The van der Waals surface area contributed by atoms with E-state index in [1.807, 2.05) is 45.0 Å². The van der Waals surface area contributed by atoms with Gasteiger partial charge >= 0.3 is 0 Å². The minimum Gasteiger partial charge on any atom is -0.294 e. The van der Waals surface area contributed by atoms with Crippen LogP contribution in [0.4, 0.5) is 0 Å². The fourth-order valence-corrected chi connectivity index (χ4v) is 1.35. The SMILES string of the molecule is C[C@H](/C=C/C(=O)C(C)(C)C)c1ccccc1. The van der Waals surface area contributed by atoms with Crippen molar-refractivity contribution < 1.29 is 4.79 Å². The molecule has 0 aliphatic carbocycles. The van der Waals surface area contributed by atoms with Crippen LogP contribution >= 0.6 is 0 Å². The molecular weight excluding hydrogens is 196 g/mol. The van der Waals surface area contributed by atoms with Crippen molar-refractivity contribution in [1.82, 2.24) is 0 Å². The standard InChI is InChI=1S/C15H20O/c1-12(13-8-6-5-7-9-13)10-11-14(16)15(2,3)4/h5-12H,1-4H3/b11-10+/t12-/m1/s1. The summed E-state index contributed by atoms with van der Waals surface area (Å²) >= 11 is 0. The molecule has 0 fully saturated rings. The molecule has 0 amide bonds. The first-order valence-corrected chi connectivity index (χ1v) is 5.69. The van der Waals surface area contributed by atoms with E-state index in [9.17, 15) is 4.79 Å². The fourth-order valence-electron chi connectivity index (χ4n) is 1.35. The maximum Gasteiger partial charge on any atom is 0.160 e. The van der Waals surface area contributed by atoms with E-state index in [-0.39, 0.29) is 17.1 Å². The molecule has 1 atom stereocenters. The van der Waals surface area contributed by atoms with Crippen molar-refractivity contribution in [3.8, 4) is 0 Å². The molecule has 0 spiro atoms. The van der Waals surface area contributed by atoms with Crippen LogP contribution in [0.5, 0.6) is 0 Å². The minimum atomic E-state index is -0.285. The average molecular weight is 216 g/mol. The van der Waals surface area contributed by atoms with Gasteiger partial charge in [0.15, 0.2) is 5.78 Å². The normalized spacial score (nSPS) is 14.0. The van der Waals surface area contributed by atoms with Gasteiger partial charge in [0, 0.05) is 5.41 Å². The van der Waals surface area contributed by atoms with Crippen LogP contribution in [0.3, 0.4) is 0 Å². The highest BCUT2D eigenvalue weighted by Gasteiger charge is 2.18. The summed E-state index contributed by atoms with van der Waals surface area (Å²) in [4.78, 5) is 11.7. The number of carbonyl (C=O) groups is 1. The zero-order valence-electron chi connectivity index (χ0n) is 10.5. The number of carbonyl (C=O) groups excluding carboxylic acids is 1. The van der Waals surface area contributed by atoms with Gasteiger partial charge in [0.1, 0.15) is 0 Å². The summed E-state index contributed by atoms with van der Waals surface area (Å²) in [5.41, 5.74) is 0.952. The molecule has 1 aromatic rings. The third-order valence-corrected chi connectivity index (χ3v) is 2.60. The van der Waals surface area contributed by atoms with Crippen molar-refractivity contribution in [3.63, 3.8) is 0 Å². The Morgan fingerprint density at radius 1 is 1.19 bits per heavy atom. The summed E-state index contributed by atoms with van der Waals surface area (Å²) in [5, 5.41) is 0. The van der Waals surface area contributed by atoms with E-state index in [1.54, 1.807) is 6.08 Å². The molecular formula is C15H20O. The lowest BCUT2D eigenvalue weighted by Crippen LogP contribution is -2.17. The second kappa shape index (κ2) is 5.11. The van der Waals surface area contributed by atoms with Gasteiger partial charge < -0.3 is 0 Å². The Bertz CT molecular complexity index is 368. The van der Waals surface area contributed by atoms with E-state index in [0.717, 1.165) is 0 Å². The van der Waals surface area contributed by atoms with Crippen LogP contribution in [0.15, 0.2) is 42.5 Å². The predicted molar refractivity (Wildman–Crippen MR) is 68.5 cm³/mol. The first kappa shape index (κ1) is 12.7. The van der Waals surface area contributed by atoms with Gasteiger partial charge in [-0.05, 0) is 17.6 Å². The van der Waals surface area contributed by atoms with Crippen LogP contribution in [0, 0.1) is 5.41 Å². The van der Waals surface area contributed by atoms with E-state index in [4.69, 9.17) is 0 Å². The van der Waals surface area contributed by atoms with Gasteiger partial charge in [-0.2, -0.15) is 0 Å². The van der Waals surface area contributed by atoms with Crippen molar-refractivity contribution >= 4 is 5.78 Å². The van der Waals surface area contributed by atoms with Gasteiger partial charge in [0.05, 0.1) is 0 Å². The van der Waals surface area contributed by atoms with Crippen molar-refractivity contribution in [1.29, 1.82) is 0 Å². The predicted octanol–water partition coefficient (Wildman–Crippen LogP) is 3.96. The second-order valence-electron chi connectivity index (χ2n) is 5.17. The van der Waals surface area contributed by atoms with Gasteiger partial charge in [-0.1, -0.05) is 64.1 Å². The average Bonchev–Trinajstić information content (AvgIpc) is 2.25. The van der Waals surface area contributed by atoms with Crippen LogP contribution < -0.4 is 0 Å². The third-order valence-electron chi connectivity index (χ3n) is 2.60. The third kappa shape index (κ3) is 3.65. The van der Waals surface area contributed by atoms with E-state index in [2.05, 4.69) is 19.1 Å². The molecule has 0 aromatic heterocycles. The number of allylic oxidation sites excluding steroid dienone is 2. The largest absolute Gasteiger partial charge is 0.294 e. The zero-order valence-corrected chi connectivity index (χ0v) is 10.5. The monoisotopic (exact) mass is 216 g/mol.